The molecule has 0 fully saturated rings. The number of aromatic hydroxyl groups is 1. The van der Waals surface area contributed by atoms with Crippen LogP contribution in [0.3, 0.4) is 0 Å². The second-order valence-electron chi connectivity index (χ2n) is 8.05. The van der Waals surface area contributed by atoms with E-state index in [1.807, 2.05) is 12.1 Å². The highest BCUT2D eigenvalue weighted by molar-refractivity contribution is 5.89. The molecule has 3 heteroatoms. The van der Waals surface area contributed by atoms with Gasteiger partial charge in [0.15, 0.2) is 17.3 Å². The van der Waals surface area contributed by atoms with Crippen molar-refractivity contribution in [2.45, 2.75) is 103 Å². The van der Waals surface area contributed by atoms with Gasteiger partial charge in [0.2, 0.25) is 0 Å². The van der Waals surface area contributed by atoms with Crippen LogP contribution >= 0.6 is 0 Å². The summed E-state index contributed by atoms with van der Waals surface area (Å²) >= 11 is 0. The Bertz CT molecular complexity index is 577. The summed E-state index contributed by atoms with van der Waals surface area (Å²) in [5.74, 6) is 0.937. The van der Waals surface area contributed by atoms with E-state index in [-0.39, 0.29) is 11.5 Å². The molecule has 0 aromatic heterocycles. The van der Waals surface area contributed by atoms with Gasteiger partial charge in [-0.1, -0.05) is 83.3 Å². The summed E-state index contributed by atoms with van der Waals surface area (Å²) in [7, 11) is 1.55. The topological polar surface area (TPSA) is 46.5 Å². The molecule has 0 spiro atoms. The summed E-state index contributed by atoms with van der Waals surface area (Å²) in [5, 5.41) is 9.79. The Morgan fingerprint density at radius 2 is 1.55 bits per heavy atom. The van der Waals surface area contributed by atoms with Gasteiger partial charge in [-0.05, 0) is 49.5 Å². The molecule has 0 amide bonds. The molecule has 0 aliphatic rings. The zero-order chi connectivity index (χ0) is 21.2. The lowest BCUT2D eigenvalue weighted by atomic mass is 10.0. The molecule has 0 aliphatic carbocycles. The van der Waals surface area contributed by atoms with Gasteiger partial charge in [0, 0.05) is 6.42 Å². The summed E-state index contributed by atoms with van der Waals surface area (Å²) in [5.41, 5.74) is 1.09. The Hall–Kier alpha value is -1.77. The first-order valence-corrected chi connectivity index (χ1v) is 11.7. The van der Waals surface area contributed by atoms with Crippen molar-refractivity contribution in [2.24, 2.45) is 0 Å². The third kappa shape index (κ3) is 13.1. The maximum Gasteiger partial charge on any atom is 0.160 e. The first kappa shape index (κ1) is 25.3. The molecule has 0 saturated carbocycles. The van der Waals surface area contributed by atoms with E-state index in [0.717, 1.165) is 31.2 Å². The fraction of sp³-hybridized carbons (Fsp3) is 0.654. The average molecular weight is 403 g/mol. The summed E-state index contributed by atoms with van der Waals surface area (Å²) in [6.45, 7) is 2.26. The summed E-state index contributed by atoms with van der Waals surface area (Å²) in [6.07, 6.45) is 21.6. The number of methoxy groups -OCH3 is 1. The van der Waals surface area contributed by atoms with E-state index in [1.165, 1.54) is 64.2 Å². The van der Waals surface area contributed by atoms with Gasteiger partial charge < -0.3 is 9.84 Å². The number of allylic oxidation sites excluding steroid dienone is 2. The molecule has 0 aliphatic heterocycles. The van der Waals surface area contributed by atoms with Crippen LogP contribution < -0.4 is 4.74 Å². The maximum absolute atomic E-state index is 11.9. The third-order valence-electron chi connectivity index (χ3n) is 5.41. The van der Waals surface area contributed by atoms with Gasteiger partial charge in [-0.25, -0.2) is 0 Å². The molecule has 0 heterocycles. The monoisotopic (exact) mass is 402 g/mol. The molecule has 0 radical (unpaired) electrons. The molecule has 0 atom stereocenters. The van der Waals surface area contributed by atoms with Gasteiger partial charge in [-0.2, -0.15) is 0 Å². The van der Waals surface area contributed by atoms with Gasteiger partial charge in [0.05, 0.1) is 7.11 Å². The van der Waals surface area contributed by atoms with Gasteiger partial charge >= 0.3 is 0 Å². The fourth-order valence-electron chi connectivity index (χ4n) is 3.58. The molecule has 1 aromatic rings. The number of carbonyl (C=O) groups is 1. The number of ether oxygens (including phenoxy) is 1. The minimum absolute atomic E-state index is 0.183. The number of aryl methyl sites for hydroxylation is 1. The Balaban J connectivity index is 1.96. The normalized spacial score (nSPS) is 11.2. The van der Waals surface area contributed by atoms with Crippen LogP contribution in [0.1, 0.15) is 102 Å². The third-order valence-corrected chi connectivity index (χ3v) is 5.41. The molecule has 0 bridgehead atoms. The van der Waals surface area contributed by atoms with Crippen LogP contribution in [0.25, 0.3) is 0 Å². The van der Waals surface area contributed by atoms with Crippen LogP contribution in [0, 0.1) is 0 Å². The van der Waals surface area contributed by atoms with Crippen molar-refractivity contribution in [1.82, 2.24) is 0 Å². The number of ketones is 1. The zero-order valence-electron chi connectivity index (χ0n) is 18.8. The van der Waals surface area contributed by atoms with E-state index < -0.39 is 0 Å². The zero-order valence-corrected chi connectivity index (χ0v) is 18.8. The Labute approximate surface area is 178 Å². The minimum Gasteiger partial charge on any atom is -0.504 e. The summed E-state index contributed by atoms with van der Waals surface area (Å²) < 4.78 is 5.05. The lowest BCUT2D eigenvalue weighted by Gasteiger charge is -2.05. The highest BCUT2D eigenvalue weighted by atomic mass is 16.5. The van der Waals surface area contributed by atoms with Crippen LogP contribution in [0.4, 0.5) is 0 Å². The molecule has 29 heavy (non-hydrogen) atoms. The smallest absolute Gasteiger partial charge is 0.160 e. The molecule has 1 aromatic carbocycles. The summed E-state index contributed by atoms with van der Waals surface area (Å²) in [6, 6.07) is 5.51. The number of hydrogen-bond donors (Lipinski definition) is 1. The second-order valence-corrected chi connectivity index (χ2v) is 8.05. The van der Waals surface area contributed by atoms with Crippen molar-refractivity contribution in [3.05, 3.63) is 35.9 Å². The molecular formula is C26H42O3. The Morgan fingerprint density at radius 1 is 0.931 bits per heavy atom. The minimum atomic E-state index is 0.183. The van der Waals surface area contributed by atoms with Crippen molar-refractivity contribution in [3.63, 3.8) is 0 Å². The first-order valence-electron chi connectivity index (χ1n) is 11.7. The van der Waals surface area contributed by atoms with Crippen molar-refractivity contribution < 1.29 is 14.6 Å². The molecule has 3 nitrogen and oxygen atoms in total. The predicted octanol–water partition coefficient (Wildman–Crippen LogP) is 7.55. The second kappa shape index (κ2) is 17.1. The summed E-state index contributed by atoms with van der Waals surface area (Å²) in [4.78, 5) is 11.9. The molecule has 0 saturated heterocycles. The number of rotatable bonds is 18. The number of unbranched alkanes of at least 4 members (excludes halogenated alkanes) is 11. The standard InChI is InChI=1S/C26H42O3/c1-3-4-5-6-7-8-9-10-11-12-15-18-24(27)19-16-13-14-17-23-20-21-26(29-2)25(28)22-23/h16,19-22,28H,3-15,17-18H2,1-2H3. The van der Waals surface area contributed by atoms with Gasteiger partial charge in [-0.15, -0.1) is 0 Å². The van der Waals surface area contributed by atoms with Crippen molar-refractivity contribution in [1.29, 1.82) is 0 Å². The Morgan fingerprint density at radius 3 is 2.14 bits per heavy atom. The van der Waals surface area contributed by atoms with E-state index >= 15 is 0 Å². The fourth-order valence-corrected chi connectivity index (χ4v) is 3.58. The van der Waals surface area contributed by atoms with Crippen molar-refractivity contribution >= 4 is 5.78 Å². The lowest BCUT2D eigenvalue weighted by Crippen LogP contribution is -1.93. The average Bonchev–Trinajstić information content (AvgIpc) is 2.72. The van der Waals surface area contributed by atoms with Crippen LogP contribution in [-0.2, 0) is 11.2 Å². The number of benzene rings is 1. The van der Waals surface area contributed by atoms with Crippen LogP contribution in [-0.4, -0.2) is 18.0 Å². The highest BCUT2D eigenvalue weighted by Gasteiger charge is 2.02. The quantitative estimate of drug-likeness (QED) is 0.204. The molecule has 1 rings (SSSR count). The molecule has 0 unspecified atom stereocenters. The number of carbonyl (C=O) groups excluding carboxylic acids is 1. The van der Waals surface area contributed by atoms with Crippen molar-refractivity contribution in [2.75, 3.05) is 7.11 Å². The van der Waals surface area contributed by atoms with E-state index in [9.17, 15) is 9.90 Å². The largest absolute Gasteiger partial charge is 0.504 e. The van der Waals surface area contributed by atoms with E-state index in [1.54, 1.807) is 25.3 Å². The highest BCUT2D eigenvalue weighted by Crippen LogP contribution is 2.26. The van der Waals surface area contributed by atoms with E-state index in [4.69, 9.17) is 4.74 Å². The molecular weight excluding hydrogens is 360 g/mol. The number of phenols is 1. The number of hydrogen-bond acceptors (Lipinski definition) is 3. The van der Waals surface area contributed by atoms with Crippen LogP contribution in [0.2, 0.25) is 0 Å². The number of phenolic OH excluding ortho intramolecular Hbond substituents is 1. The first-order chi connectivity index (χ1) is 14.2. The van der Waals surface area contributed by atoms with E-state index in [2.05, 4.69) is 6.92 Å². The van der Waals surface area contributed by atoms with Crippen LogP contribution in [0.5, 0.6) is 11.5 Å². The van der Waals surface area contributed by atoms with Gasteiger partial charge in [0.1, 0.15) is 0 Å². The van der Waals surface area contributed by atoms with Gasteiger partial charge in [0.25, 0.3) is 0 Å². The van der Waals surface area contributed by atoms with E-state index in [0.29, 0.717) is 12.2 Å². The lowest BCUT2D eigenvalue weighted by molar-refractivity contribution is -0.114. The maximum atomic E-state index is 11.9. The molecule has 1 N–H and O–H groups in total. The molecule has 164 valence electrons. The Kier molecular flexibility index (Phi) is 14.9. The van der Waals surface area contributed by atoms with Gasteiger partial charge in [-0.3, -0.25) is 4.79 Å². The van der Waals surface area contributed by atoms with Crippen LogP contribution in [0.15, 0.2) is 30.4 Å². The van der Waals surface area contributed by atoms with Crippen molar-refractivity contribution in [3.8, 4) is 11.5 Å². The SMILES string of the molecule is CCCCCCCCCCCCCC(=O)C=CCCCc1ccc(OC)c(O)c1. The predicted molar refractivity (Wildman–Crippen MR) is 123 cm³/mol.